The van der Waals surface area contributed by atoms with Gasteiger partial charge in [0.25, 0.3) is 0 Å². The van der Waals surface area contributed by atoms with Gasteiger partial charge in [-0.1, -0.05) is 19.1 Å². The number of ether oxygens (including phenoxy) is 1. The molecule has 1 fully saturated rings. The summed E-state index contributed by atoms with van der Waals surface area (Å²) in [6, 6.07) is 0. The van der Waals surface area contributed by atoms with E-state index in [4.69, 9.17) is 4.74 Å². The van der Waals surface area contributed by atoms with Crippen LogP contribution in [0.2, 0.25) is 0 Å². The van der Waals surface area contributed by atoms with Gasteiger partial charge in [-0.05, 0) is 62.3 Å². The Kier molecular flexibility index (Phi) is 5.51. The van der Waals surface area contributed by atoms with Crippen LogP contribution < -0.4 is 5.32 Å². The predicted molar refractivity (Wildman–Crippen MR) is 110 cm³/mol. The summed E-state index contributed by atoms with van der Waals surface area (Å²) >= 11 is 1.44. The smallest absolute Gasteiger partial charge is 0.341 e. The number of aliphatic carboxylic acids is 1. The summed E-state index contributed by atoms with van der Waals surface area (Å²) in [6.07, 6.45) is 8.31. The second kappa shape index (κ2) is 7.94. The summed E-state index contributed by atoms with van der Waals surface area (Å²) in [6.45, 7) is 4.20. The van der Waals surface area contributed by atoms with Crippen molar-refractivity contribution >= 4 is 34.2 Å². The molecule has 0 radical (unpaired) electrons. The zero-order valence-corrected chi connectivity index (χ0v) is 17.6. The molecule has 5 rings (SSSR count). The highest BCUT2D eigenvalue weighted by Crippen LogP contribution is 2.46. The zero-order chi connectivity index (χ0) is 20.7. The lowest BCUT2D eigenvalue weighted by Gasteiger charge is -2.41. The lowest BCUT2D eigenvalue weighted by atomic mass is 9.62. The zero-order valence-electron chi connectivity index (χ0n) is 16.8. The van der Waals surface area contributed by atoms with Crippen molar-refractivity contribution in [2.24, 2.45) is 29.6 Å². The van der Waals surface area contributed by atoms with Gasteiger partial charge in [0.15, 0.2) is 0 Å². The Morgan fingerprint density at radius 2 is 1.86 bits per heavy atom. The van der Waals surface area contributed by atoms with Crippen LogP contribution in [0.5, 0.6) is 0 Å². The maximum atomic E-state index is 13.2. The van der Waals surface area contributed by atoms with E-state index < -0.39 is 23.8 Å². The minimum atomic E-state index is -0.922. The maximum absolute atomic E-state index is 13.2. The molecule has 0 unspecified atom stereocenters. The Morgan fingerprint density at radius 1 is 1.17 bits per heavy atom. The Balaban J connectivity index is 1.65. The van der Waals surface area contributed by atoms with Gasteiger partial charge in [0.1, 0.15) is 5.00 Å². The van der Waals surface area contributed by atoms with Crippen LogP contribution in [-0.4, -0.2) is 29.6 Å². The number of thiophene rings is 1. The quantitative estimate of drug-likeness (QED) is 0.560. The summed E-state index contributed by atoms with van der Waals surface area (Å²) in [7, 11) is 0. The molecule has 4 aliphatic rings. The molecule has 1 saturated carbocycles. The first-order valence-corrected chi connectivity index (χ1v) is 11.3. The molecule has 2 N–H and O–H groups in total. The number of aryl methyl sites for hydroxylation is 1. The van der Waals surface area contributed by atoms with Crippen LogP contribution in [0.1, 0.15) is 53.9 Å². The van der Waals surface area contributed by atoms with Crippen molar-refractivity contribution in [3.05, 3.63) is 28.2 Å². The Morgan fingerprint density at radius 3 is 2.48 bits per heavy atom. The molecule has 0 saturated heterocycles. The number of carbonyl (C=O) groups excluding carboxylic acids is 2. The van der Waals surface area contributed by atoms with E-state index in [2.05, 4.69) is 12.2 Å². The number of carboxylic acid groups (broad SMARTS) is 1. The van der Waals surface area contributed by atoms with Crippen molar-refractivity contribution in [3.8, 4) is 0 Å². The summed E-state index contributed by atoms with van der Waals surface area (Å²) in [5.74, 6) is -2.64. The van der Waals surface area contributed by atoms with Crippen molar-refractivity contribution in [1.29, 1.82) is 0 Å². The highest BCUT2D eigenvalue weighted by Gasteiger charge is 2.48. The maximum Gasteiger partial charge on any atom is 0.341 e. The predicted octanol–water partition coefficient (Wildman–Crippen LogP) is 3.90. The van der Waals surface area contributed by atoms with Crippen LogP contribution in [0.15, 0.2) is 12.2 Å². The first-order valence-electron chi connectivity index (χ1n) is 10.4. The van der Waals surface area contributed by atoms with E-state index in [9.17, 15) is 19.5 Å². The number of nitrogens with one attached hydrogen (secondary N) is 1. The fourth-order valence-electron chi connectivity index (χ4n) is 5.15. The first-order chi connectivity index (χ1) is 13.9. The topological polar surface area (TPSA) is 92.7 Å². The second-order valence-corrected chi connectivity index (χ2v) is 9.55. The number of rotatable bonds is 5. The van der Waals surface area contributed by atoms with Gasteiger partial charge in [-0.2, -0.15) is 0 Å². The third kappa shape index (κ3) is 3.61. The summed E-state index contributed by atoms with van der Waals surface area (Å²) in [5, 5.41) is 13.2. The summed E-state index contributed by atoms with van der Waals surface area (Å²) in [4.78, 5) is 38.9. The highest BCUT2D eigenvalue weighted by molar-refractivity contribution is 7.17. The van der Waals surface area contributed by atoms with Gasteiger partial charge in [-0.3, -0.25) is 9.59 Å². The molecule has 1 aromatic heterocycles. The molecule has 29 heavy (non-hydrogen) atoms. The number of hydrogen-bond acceptors (Lipinski definition) is 5. The van der Waals surface area contributed by atoms with Gasteiger partial charge in [0.05, 0.1) is 24.0 Å². The van der Waals surface area contributed by atoms with Gasteiger partial charge < -0.3 is 15.2 Å². The average Bonchev–Trinajstić information content (AvgIpc) is 3.05. The standard InChI is InChI=1S/C22H27NO5S/c1-3-28-22(27)18-14-10-11(2)4-9-15(14)29-20(18)23-19(24)16-12-5-7-13(8-6-12)17(16)21(25)26/h5,7,11-13,16-17H,3-4,6,8-10H2,1-2H3,(H,23,24)(H,25,26)/t11-,12-,13-,16-,17-/m0/s1. The molecule has 156 valence electrons. The number of anilines is 1. The molecule has 1 aromatic rings. The minimum Gasteiger partial charge on any atom is -0.481 e. The fourth-order valence-corrected chi connectivity index (χ4v) is 6.38. The molecule has 6 nitrogen and oxygen atoms in total. The molecule has 0 aromatic carbocycles. The van der Waals surface area contributed by atoms with E-state index in [0.29, 0.717) is 16.5 Å². The lowest BCUT2D eigenvalue weighted by molar-refractivity contribution is -0.151. The molecule has 2 bridgehead atoms. The van der Waals surface area contributed by atoms with Crippen molar-refractivity contribution in [2.75, 3.05) is 11.9 Å². The molecular formula is C22H27NO5S. The number of carbonyl (C=O) groups is 3. The van der Waals surface area contributed by atoms with Crippen molar-refractivity contribution < 1.29 is 24.2 Å². The molecule has 1 heterocycles. The van der Waals surface area contributed by atoms with Crippen LogP contribution in [0.3, 0.4) is 0 Å². The van der Waals surface area contributed by atoms with Gasteiger partial charge in [0.2, 0.25) is 5.91 Å². The number of carboxylic acids is 1. The average molecular weight is 418 g/mol. The Bertz CT molecular complexity index is 873. The molecule has 4 aliphatic carbocycles. The molecule has 0 aliphatic heterocycles. The van der Waals surface area contributed by atoms with Crippen LogP contribution in [-0.2, 0) is 27.2 Å². The van der Waals surface area contributed by atoms with Crippen molar-refractivity contribution in [1.82, 2.24) is 0 Å². The number of amides is 1. The van der Waals surface area contributed by atoms with Gasteiger partial charge in [-0.15, -0.1) is 11.3 Å². The van der Waals surface area contributed by atoms with Gasteiger partial charge in [0, 0.05) is 4.88 Å². The lowest BCUT2D eigenvalue weighted by Crippen LogP contribution is -2.47. The van der Waals surface area contributed by atoms with E-state index in [1.54, 1.807) is 6.92 Å². The van der Waals surface area contributed by atoms with E-state index in [1.165, 1.54) is 11.3 Å². The normalized spacial score (nSPS) is 29.9. The van der Waals surface area contributed by atoms with Crippen LogP contribution in [0, 0.1) is 29.6 Å². The van der Waals surface area contributed by atoms with Crippen molar-refractivity contribution in [2.45, 2.75) is 46.0 Å². The second-order valence-electron chi connectivity index (χ2n) is 8.45. The van der Waals surface area contributed by atoms with E-state index >= 15 is 0 Å². The van der Waals surface area contributed by atoms with Crippen molar-refractivity contribution in [3.63, 3.8) is 0 Å². The fraction of sp³-hybridized carbons (Fsp3) is 0.591. The van der Waals surface area contributed by atoms with Gasteiger partial charge in [-0.25, -0.2) is 4.79 Å². The molecule has 1 amide bonds. The third-order valence-electron chi connectivity index (χ3n) is 6.56. The van der Waals surface area contributed by atoms with E-state index in [1.807, 2.05) is 12.2 Å². The monoisotopic (exact) mass is 417 g/mol. The van der Waals surface area contributed by atoms with Crippen LogP contribution in [0.25, 0.3) is 0 Å². The van der Waals surface area contributed by atoms with E-state index in [0.717, 1.165) is 42.5 Å². The SMILES string of the molecule is CCOC(=O)c1c(NC(=O)[C@@H]2[C@@H](C(=O)O)[C@H]3C=C[C@H]2CC3)sc2c1C[C@@H](C)CC2. The highest BCUT2D eigenvalue weighted by atomic mass is 32.1. The third-order valence-corrected chi connectivity index (χ3v) is 7.77. The number of allylic oxidation sites excluding steroid dienone is 2. The summed E-state index contributed by atoms with van der Waals surface area (Å²) in [5.41, 5.74) is 1.46. The van der Waals surface area contributed by atoms with Gasteiger partial charge >= 0.3 is 11.9 Å². The Hall–Kier alpha value is -2.15. The largest absolute Gasteiger partial charge is 0.481 e. The van der Waals surface area contributed by atoms with Crippen LogP contribution in [0.4, 0.5) is 5.00 Å². The molecule has 7 heteroatoms. The number of fused-ring (bicyclic) bond motifs is 3. The molecule has 5 atom stereocenters. The minimum absolute atomic E-state index is 0.0678. The molecular weight excluding hydrogens is 390 g/mol. The van der Waals surface area contributed by atoms with Crippen LogP contribution >= 0.6 is 11.3 Å². The molecule has 0 spiro atoms. The summed E-state index contributed by atoms with van der Waals surface area (Å²) < 4.78 is 5.28. The Labute approximate surface area is 174 Å². The first kappa shape index (κ1) is 20.1. The number of hydrogen-bond donors (Lipinski definition) is 2. The number of esters is 1. The van der Waals surface area contributed by atoms with E-state index in [-0.39, 0.29) is 24.3 Å².